The molecule has 0 aromatic carbocycles. The van der Waals surface area contributed by atoms with Crippen molar-refractivity contribution in [2.75, 3.05) is 12.3 Å². The number of hydrogen-bond donors (Lipinski definition) is 1. The Morgan fingerprint density at radius 3 is 2.11 bits per heavy atom. The molecule has 1 heterocycles. The minimum Gasteiger partial charge on any atom is -0.379 e. The highest BCUT2D eigenvalue weighted by molar-refractivity contribution is 8.03. The summed E-state index contributed by atoms with van der Waals surface area (Å²) in [6.45, 7) is 0.311. The predicted octanol–water partition coefficient (Wildman–Crippen LogP) is 2.57. The van der Waals surface area contributed by atoms with E-state index in [1.165, 1.54) is 0 Å². The largest absolute Gasteiger partial charge is 0.460 e. The summed E-state index contributed by atoms with van der Waals surface area (Å²) >= 11 is 0.875. The van der Waals surface area contributed by atoms with Crippen molar-refractivity contribution < 1.29 is 35.5 Å². The molecule has 1 aliphatic heterocycles. The van der Waals surface area contributed by atoms with E-state index in [1.54, 1.807) is 0 Å². The number of carbonyl (C=O) groups is 1. The van der Waals surface area contributed by atoms with E-state index in [2.05, 4.69) is 5.32 Å². The number of nitrogens with one attached hydrogen (secondary N) is 1. The van der Waals surface area contributed by atoms with Gasteiger partial charge in [0.25, 0.3) is 0 Å². The van der Waals surface area contributed by atoms with E-state index < -0.39 is 23.8 Å². The van der Waals surface area contributed by atoms with Gasteiger partial charge in [0.2, 0.25) is 5.78 Å². The lowest BCUT2D eigenvalue weighted by molar-refractivity contribution is -0.342. The van der Waals surface area contributed by atoms with Gasteiger partial charge in [-0.2, -0.15) is 30.7 Å². The summed E-state index contributed by atoms with van der Waals surface area (Å²) in [4.78, 5) is 10.9. The minimum absolute atomic E-state index is 0.0668. The van der Waals surface area contributed by atoms with Crippen molar-refractivity contribution in [3.63, 3.8) is 0 Å². The fourth-order valence-corrected chi connectivity index (χ4v) is 1.84. The highest BCUT2D eigenvalue weighted by Gasteiger charge is 2.75. The summed E-state index contributed by atoms with van der Waals surface area (Å²) in [5.41, 5.74) is 0. The molecule has 1 N–H and O–H groups in total. The predicted molar refractivity (Wildman–Crippen MR) is 49.5 cm³/mol. The first-order valence-electron chi connectivity index (χ1n) is 4.45. The maximum Gasteiger partial charge on any atom is 0.460 e. The highest BCUT2D eigenvalue weighted by Crippen LogP contribution is 2.47. The van der Waals surface area contributed by atoms with Crippen LogP contribution in [0.2, 0.25) is 0 Å². The van der Waals surface area contributed by atoms with Crippen molar-refractivity contribution in [3.8, 4) is 0 Å². The van der Waals surface area contributed by atoms with Crippen LogP contribution in [0.3, 0.4) is 0 Å². The molecule has 1 rings (SSSR count). The van der Waals surface area contributed by atoms with Crippen molar-refractivity contribution in [1.29, 1.82) is 0 Å². The van der Waals surface area contributed by atoms with Gasteiger partial charge in [-0.3, -0.25) is 4.79 Å². The van der Waals surface area contributed by atoms with Gasteiger partial charge in [0.1, 0.15) is 0 Å². The van der Waals surface area contributed by atoms with Gasteiger partial charge in [-0.15, -0.1) is 11.8 Å². The third-order valence-electron chi connectivity index (χ3n) is 1.98. The summed E-state index contributed by atoms with van der Waals surface area (Å²) < 4.78 is 86.0. The summed E-state index contributed by atoms with van der Waals surface area (Å²) in [5, 5.41) is 2.24. The Kier molecular flexibility index (Phi) is 3.89. The van der Waals surface area contributed by atoms with Crippen LogP contribution in [-0.2, 0) is 4.79 Å². The molecule has 10 heteroatoms. The Morgan fingerprint density at radius 2 is 1.72 bits per heavy atom. The Bertz CT molecular complexity index is 368. The van der Waals surface area contributed by atoms with E-state index in [-0.39, 0.29) is 11.1 Å². The Labute approximate surface area is 101 Å². The second-order valence-corrected chi connectivity index (χ2v) is 4.43. The number of allylic oxidation sites excluding steroid dienone is 1. The molecule has 0 radical (unpaired) electrons. The van der Waals surface area contributed by atoms with Gasteiger partial charge in [-0.1, -0.05) is 0 Å². The van der Waals surface area contributed by atoms with Gasteiger partial charge in [0.05, 0.1) is 5.03 Å². The smallest absolute Gasteiger partial charge is 0.379 e. The summed E-state index contributed by atoms with van der Waals surface area (Å²) in [5.74, 6) is -14.4. The first-order valence-corrected chi connectivity index (χ1v) is 5.44. The van der Waals surface area contributed by atoms with E-state index in [4.69, 9.17) is 0 Å². The lowest BCUT2D eigenvalue weighted by atomic mass is 10.1. The molecular weight excluding hydrogens is 291 g/mol. The van der Waals surface area contributed by atoms with Crippen LogP contribution >= 0.6 is 11.8 Å². The van der Waals surface area contributed by atoms with Crippen molar-refractivity contribution in [2.24, 2.45) is 0 Å². The molecule has 0 unspecified atom stereocenters. The topological polar surface area (TPSA) is 29.1 Å². The third-order valence-corrected chi connectivity index (χ3v) is 2.96. The average Bonchev–Trinajstić information content (AvgIpc) is 2.68. The Hall–Kier alpha value is -0.930. The first-order chi connectivity index (χ1) is 8.00. The van der Waals surface area contributed by atoms with Crippen LogP contribution in [0.25, 0.3) is 0 Å². The zero-order valence-corrected chi connectivity index (χ0v) is 9.27. The Balaban J connectivity index is 2.99. The molecule has 0 atom stereocenters. The van der Waals surface area contributed by atoms with Gasteiger partial charge in [0.15, 0.2) is 0 Å². The van der Waals surface area contributed by atoms with Crippen LogP contribution in [0, 0.1) is 0 Å². The van der Waals surface area contributed by atoms with Gasteiger partial charge in [-0.05, 0) is 0 Å². The van der Waals surface area contributed by atoms with Crippen LogP contribution in [0.1, 0.15) is 0 Å². The standard InChI is InChI=1S/C8H6F7NOS/c9-6(10,7(11,12)8(13,14)15)4(17)3-5-16-1-2-18-5/h3,16H,1-2H2. The molecule has 0 aromatic heterocycles. The SMILES string of the molecule is O=C(C=C1NCCS1)C(F)(F)C(F)(F)C(F)(F)F. The summed E-state index contributed by atoms with van der Waals surface area (Å²) in [7, 11) is 0. The van der Waals surface area contributed by atoms with E-state index in [0.29, 0.717) is 12.3 Å². The fourth-order valence-electron chi connectivity index (χ4n) is 1.02. The second kappa shape index (κ2) is 4.63. The van der Waals surface area contributed by atoms with Gasteiger partial charge >= 0.3 is 18.0 Å². The maximum atomic E-state index is 12.8. The van der Waals surface area contributed by atoms with Crippen molar-refractivity contribution in [1.82, 2.24) is 5.32 Å². The normalized spacial score (nSPS) is 20.1. The molecule has 1 saturated heterocycles. The number of hydrogen-bond acceptors (Lipinski definition) is 3. The molecule has 0 aromatic rings. The highest BCUT2D eigenvalue weighted by atomic mass is 32.2. The fraction of sp³-hybridized carbons (Fsp3) is 0.625. The van der Waals surface area contributed by atoms with Crippen LogP contribution in [-0.4, -0.2) is 36.1 Å². The number of ketones is 1. The first kappa shape index (κ1) is 15.1. The molecule has 0 spiro atoms. The number of alkyl halides is 7. The molecule has 0 aliphatic carbocycles. The number of halogens is 7. The Morgan fingerprint density at radius 1 is 1.17 bits per heavy atom. The van der Waals surface area contributed by atoms with Crippen LogP contribution < -0.4 is 5.32 Å². The maximum absolute atomic E-state index is 12.8. The van der Waals surface area contributed by atoms with Crippen molar-refractivity contribution in [3.05, 3.63) is 11.1 Å². The van der Waals surface area contributed by atoms with Crippen LogP contribution in [0.5, 0.6) is 0 Å². The number of carbonyl (C=O) groups excluding carboxylic acids is 1. The van der Waals surface area contributed by atoms with Crippen LogP contribution in [0.15, 0.2) is 11.1 Å². The van der Waals surface area contributed by atoms with E-state index in [9.17, 15) is 35.5 Å². The van der Waals surface area contributed by atoms with Gasteiger partial charge in [-0.25, -0.2) is 0 Å². The lowest BCUT2D eigenvalue weighted by Crippen LogP contribution is -2.55. The molecule has 18 heavy (non-hydrogen) atoms. The van der Waals surface area contributed by atoms with E-state index in [0.717, 1.165) is 11.8 Å². The third kappa shape index (κ3) is 2.57. The average molecular weight is 297 g/mol. The molecule has 0 amide bonds. The van der Waals surface area contributed by atoms with Crippen molar-refractivity contribution in [2.45, 2.75) is 18.0 Å². The zero-order chi connectivity index (χ0) is 14.2. The molecule has 2 nitrogen and oxygen atoms in total. The number of rotatable bonds is 3. The van der Waals surface area contributed by atoms with E-state index >= 15 is 0 Å². The number of thioether (sulfide) groups is 1. The molecular formula is C8H6F7NOS. The molecule has 104 valence electrons. The van der Waals surface area contributed by atoms with E-state index in [1.807, 2.05) is 0 Å². The lowest BCUT2D eigenvalue weighted by Gasteiger charge is -2.26. The molecule has 0 saturated carbocycles. The molecule has 1 fully saturated rings. The molecule has 1 aliphatic rings. The quantitative estimate of drug-likeness (QED) is 0.641. The monoisotopic (exact) mass is 297 g/mol. The van der Waals surface area contributed by atoms with Crippen molar-refractivity contribution >= 4 is 17.5 Å². The summed E-state index contributed by atoms with van der Waals surface area (Å²) in [6.07, 6.45) is -6.43. The minimum atomic E-state index is -6.50. The van der Waals surface area contributed by atoms with Gasteiger partial charge in [0, 0.05) is 18.4 Å². The second-order valence-electron chi connectivity index (χ2n) is 3.29. The molecule has 0 bridgehead atoms. The van der Waals surface area contributed by atoms with Gasteiger partial charge < -0.3 is 5.32 Å². The van der Waals surface area contributed by atoms with Crippen LogP contribution in [0.4, 0.5) is 30.7 Å². The summed E-state index contributed by atoms with van der Waals surface area (Å²) in [6, 6.07) is 0. The zero-order valence-electron chi connectivity index (χ0n) is 8.45.